The molecule has 3 aromatic rings. The van der Waals surface area contributed by atoms with Crippen LogP contribution in [0.3, 0.4) is 0 Å². The smallest absolute Gasteiger partial charge is 0.254 e. The van der Waals surface area contributed by atoms with Gasteiger partial charge in [0.05, 0.1) is 18.7 Å². The van der Waals surface area contributed by atoms with E-state index in [1.165, 1.54) is 0 Å². The fourth-order valence-electron chi connectivity index (χ4n) is 2.71. The molecular weight excluding hydrogens is 308 g/mol. The van der Waals surface area contributed by atoms with E-state index in [0.29, 0.717) is 30.3 Å². The molecule has 0 saturated carbocycles. The van der Waals surface area contributed by atoms with Crippen molar-refractivity contribution in [3.8, 4) is 0 Å². The number of fused-ring (bicyclic) bond motifs is 1. The number of benzene rings is 1. The molecule has 0 saturated heterocycles. The number of hydrogen-bond donors (Lipinski definition) is 1. The van der Waals surface area contributed by atoms with Crippen LogP contribution < -0.4 is 5.32 Å². The second-order valence-electron chi connectivity index (χ2n) is 5.57. The molecule has 0 atom stereocenters. The lowest BCUT2D eigenvalue weighted by Crippen LogP contribution is -2.23. The van der Waals surface area contributed by atoms with Gasteiger partial charge in [-0.2, -0.15) is 4.98 Å². The number of carbonyl (C=O) groups excluding carboxylic acids is 1. The number of methoxy groups -OCH3 is 1. The summed E-state index contributed by atoms with van der Waals surface area (Å²) >= 11 is 0. The lowest BCUT2D eigenvalue weighted by atomic mass is 10.1. The van der Waals surface area contributed by atoms with Gasteiger partial charge in [0.2, 0.25) is 5.89 Å². The van der Waals surface area contributed by atoms with Gasteiger partial charge in [-0.1, -0.05) is 23.4 Å². The first kappa shape index (κ1) is 16.2. The first-order chi connectivity index (χ1) is 11.6. The molecule has 2 aromatic heterocycles. The molecule has 0 aliphatic rings. The molecule has 0 fully saturated rings. The summed E-state index contributed by atoms with van der Waals surface area (Å²) in [5, 5.41) is 7.64. The summed E-state index contributed by atoms with van der Waals surface area (Å²) in [6, 6.07) is 7.84. The van der Waals surface area contributed by atoms with Crippen LogP contribution >= 0.6 is 0 Å². The van der Waals surface area contributed by atoms with E-state index >= 15 is 0 Å². The zero-order chi connectivity index (χ0) is 17.1. The van der Waals surface area contributed by atoms with E-state index in [-0.39, 0.29) is 12.5 Å². The Morgan fingerprint density at radius 3 is 2.96 bits per heavy atom. The molecule has 0 spiro atoms. The van der Waals surface area contributed by atoms with Crippen LogP contribution in [-0.2, 0) is 24.8 Å². The number of carbonyl (C=O) groups is 1. The second kappa shape index (κ2) is 6.84. The van der Waals surface area contributed by atoms with Crippen LogP contribution in [0.1, 0.15) is 27.8 Å². The highest BCUT2D eigenvalue weighted by molar-refractivity contribution is 6.08. The number of para-hydroxylation sites is 1. The molecule has 7 heteroatoms. The van der Waals surface area contributed by atoms with E-state index < -0.39 is 0 Å². The molecule has 0 bridgehead atoms. The molecule has 3 rings (SSSR count). The van der Waals surface area contributed by atoms with Crippen molar-refractivity contribution in [2.45, 2.75) is 19.9 Å². The second-order valence-corrected chi connectivity index (χ2v) is 5.57. The minimum atomic E-state index is -0.152. The molecule has 0 aliphatic heterocycles. The number of nitrogens with zero attached hydrogens (tertiary/aromatic N) is 3. The predicted molar refractivity (Wildman–Crippen MR) is 88.7 cm³/mol. The van der Waals surface area contributed by atoms with Gasteiger partial charge in [-0.05, 0) is 13.0 Å². The number of hydrogen-bond acceptors (Lipinski definition) is 5. The van der Waals surface area contributed by atoms with Crippen molar-refractivity contribution in [1.82, 2.24) is 20.0 Å². The molecule has 0 radical (unpaired) electrons. The standard InChI is InChI=1S/C17H20N4O3/c1-11-16(12-6-4-5-7-13(12)21(11)2)17(22)18-10-15-19-14(20-24-15)8-9-23-3/h4-7H,8-10H2,1-3H3,(H,18,22). The molecule has 1 N–H and O–H groups in total. The summed E-state index contributed by atoms with van der Waals surface area (Å²) in [5.41, 5.74) is 2.62. The van der Waals surface area contributed by atoms with E-state index in [2.05, 4.69) is 15.5 Å². The van der Waals surface area contributed by atoms with Crippen LogP contribution in [-0.4, -0.2) is 34.3 Å². The van der Waals surface area contributed by atoms with Gasteiger partial charge in [-0.25, -0.2) is 0 Å². The highest BCUT2D eigenvalue weighted by atomic mass is 16.5. The molecule has 7 nitrogen and oxygen atoms in total. The van der Waals surface area contributed by atoms with E-state index in [1.807, 2.05) is 42.8 Å². The van der Waals surface area contributed by atoms with Crippen molar-refractivity contribution in [2.75, 3.05) is 13.7 Å². The average Bonchev–Trinajstić information content (AvgIpc) is 3.15. The maximum Gasteiger partial charge on any atom is 0.254 e. The third-order valence-electron chi connectivity index (χ3n) is 4.07. The zero-order valence-corrected chi connectivity index (χ0v) is 14.0. The van der Waals surface area contributed by atoms with Gasteiger partial charge < -0.3 is 19.1 Å². The van der Waals surface area contributed by atoms with Crippen LogP contribution in [0.2, 0.25) is 0 Å². The lowest BCUT2D eigenvalue weighted by molar-refractivity contribution is 0.0947. The van der Waals surface area contributed by atoms with Gasteiger partial charge in [0.1, 0.15) is 0 Å². The van der Waals surface area contributed by atoms with Crippen LogP contribution in [0.4, 0.5) is 0 Å². The SMILES string of the molecule is COCCc1noc(CNC(=O)c2c(C)n(C)c3ccccc23)n1. The maximum atomic E-state index is 12.6. The van der Waals surface area contributed by atoms with Crippen molar-refractivity contribution in [1.29, 1.82) is 0 Å². The van der Waals surface area contributed by atoms with Crippen molar-refractivity contribution in [2.24, 2.45) is 7.05 Å². The predicted octanol–water partition coefficient (Wildman–Crippen LogP) is 1.99. The van der Waals surface area contributed by atoms with Crippen LogP contribution in [0.5, 0.6) is 0 Å². The first-order valence-electron chi connectivity index (χ1n) is 7.74. The number of amides is 1. The summed E-state index contributed by atoms with van der Waals surface area (Å²) in [5.74, 6) is 0.802. The summed E-state index contributed by atoms with van der Waals surface area (Å²) in [7, 11) is 3.57. The summed E-state index contributed by atoms with van der Waals surface area (Å²) in [4.78, 5) is 16.8. The van der Waals surface area contributed by atoms with Crippen LogP contribution in [0, 0.1) is 6.92 Å². The molecule has 1 aromatic carbocycles. The van der Waals surface area contributed by atoms with E-state index in [9.17, 15) is 4.79 Å². The normalized spacial score (nSPS) is 11.1. The Labute approximate surface area is 139 Å². The minimum absolute atomic E-state index is 0.152. The van der Waals surface area contributed by atoms with Crippen molar-refractivity contribution in [3.63, 3.8) is 0 Å². The van der Waals surface area contributed by atoms with Gasteiger partial charge >= 0.3 is 0 Å². The number of aryl methyl sites for hydroxylation is 1. The van der Waals surface area contributed by atoms with Crippen molar-refractivity contribution in [3.05, 3.63) is 47.2 Å². The van der Waals surface area contributed by atoms with Gasteiger partial charge in [0, 0.05) is 37.2 Å². The van der Waals surface area contributed by atoms with Crippen molar-refractivity contribution >= 4 is 16.8 Å². The minimum Gasteiger partial charge on any atom is -0.384 e. The molecule has 1 amide bonds. The number of rotatable bonds is 6. The number of nitrogens with one attached hydrogen (secondary N) is 1. The van der Waals surface area contributed by atoms with Crippen LogP contribution in [0.15, 0.2) is 28.8 Å². The Kier molecular flexibility index (Phi) is 4.61. The topological polar surface area (TPSA) is 82.2 Å². The third kappa shape index (κ3) is 3.03. The van der Waals surface area contributed by atoms with Crippen LogP contribution in [0.25, 0.3) is 10.9 Å². The molecule has 0 aliphatic carbocycles. The van der Waals surface area contributed by atoms with Crippen molar-refractivity contribution < 1.29 is 14.1 Å². The van der Waals surface area contributed by atoms with Gasteiger partial charge in [0.25, 0.3) is 5.91 Å². The monoisotopic (exact) mass is 328 g/mol. The molecular formula is C17H20N4O3. The van der Waals surface area contributed by atoms with Gasteiger partial charge in [-0.15, -0.1) is 0 Å². The zero-order valence-electron chi connectivity index (χ0n) is 14.0. The Morgan fingerprint density at radius 2 is 2.17 bits per heavy atom. The Morgan fingerprint density at radius 1 is 1.38 bits per heavy atom. The highest BCUT2D eigenvalue weighted by Crippen LogP contribution is 2.24. The van der Waals surface area contributed by atoms with Gasteiger partial charge in [0.15, 0.2) is 5.82 Å². The van der Waals surface area contributed by atoms with E-state index in [4.69, 9.17) is 9.26 Å². The number of aromatic nitrogens is 3. The number of ether oxygens (including phenoxy) is 1. The maximum absolute atomic E-state index is 12.6. The summed E-state index contributed by atoms with van der Waals surface area (Å²) in [6.07, 6.45) is 0.580. The largest absolute Gasteiger partial charge is 0.384 e. The quantitative estimate of drug-likeness (QED) is 0.748. The molecule has 24 heavy (non-hydrogen) atoms. The average molecular weight is 328 g/mol. The molecule has 2 heterocycles. The molecule has 0 unspecified atom stereocenters. The lowest BCUT2D eigenvalue weighted by Gasteiger charge is -2.03. The fraction of sp³-hybridized carbons (Fsp3) is 0.353. The highest BCUT2D eigenvalue weighted by Gasteiger charge is 2.18. The Balaban J connectivity index is 1.74. The molecule has 126 valence electrons. The summed E-state index contributed by atoms with van der Waals surface area (Å²) in [6.45, 7) is 2.66. The van der Waals surface area contributed by atoms with Gasteiger partial charge in [-0.3, -0.25) is 4.79 Å². The fourth-order valence-corrected chi connectivity index (χ4v) is 2.71. The third-order valence-corrected chi connectivity index (χ3v) is 4.07. The Hall–Kier alpha value is -2.67. The van der Waals surface area contributed by atoms with E-state index in [1.54, 1.807) is 7.11 Å². The first-order valence-corrected chi connectivity index (χ1v) is 7.74. The summed E-state index contributed by atoms with van der Waals surface area (Å²) < 4.78 is 12.1. The van der Waals surface area contributed by atoms with E-state index in [0.717, 1.165) is 16.6 Å². The Bertz CT molecular complexity index is 866.